The number of thioether (sulfide) groups is 2. The van der Waals surface area contributed by atoms with Gasteiger partial charge in [-0.05, 0) is 24.3 Å². The van der Waals surface area contributed by atoms with Gasteiger partial charge < -0.3 is 10.2 Å². The fraction of sp³-hybridized carbons (Fsp3) is 0.188. The number of carboxylic acid groups (broad SMARTS) is 1. The first-order valence-electron chi connectivity index (χ1n) is 6.48. The summed E-state index contributed by atoms with van der Waals surface area (Å²) in [6, 6.07) is 16.8. The van der Waals surface area contributed by atoms with E-state index in [0.29, 0.717) is 16.4 Å². The van der Waals surface area contributed by atoms with E-state index in [2.05, 4.69) is 0 Å². The Balaban J connectivity index is 1.84. The van der Waals surface area contributed by atoms with Crippen molar-refractivity contribution < 1.29 is 15.0 Å². The molecule has 0 saturated heterocycles. The molecule has 0 aromatic heterocycles. The Kier molecular flexibility index (Phi) is 6.17. The first kappa shape index (κ1) is 15.9. The van der Waals surface area contributed by atoms with Crippen molar-refractivity contribution in [1.29, 1.82) is 0 Å². The van der Waals surface area contributed by atoms with Gasteiger partial charge in [0.1, 0.15) is 0 Å². The Labute approximate surface area is 132 Å². The Morgan fingerprint density at radius 3 is 2.29 bits per heavy atom. The van der Waals surface area contributed by atoms with E-state index in [4.69, 9.17) is 5.11 Å². The molecule has 3 nitrogen and oxygen atoms in total. The summed E-state index contributed by atoms with van der Waals surface area (Å²) in [5.74, 6) is 0.127. The van der Waals surface area contributed by atoms with Crippen LogP contribution in [0.2, 0.25) is 0 Å². The predicted molar refractivity (Wildman–Crippen MR) is 87.3 cm³/mol. The average molecular weight is 320 g/mol. The lowest BCUT2D eigenvalue weighted by molar-refractivity contribution is 0.0693. The minimum atomic E-state index is -0.939. The monoisotopic (exact) mass is 320 g/mol. The van der Waals surface area contributed by atoms with Gasteiger partial charge in [0.15, 0.2) is 0 Å². The molecule has 2 rings (SSSR count). The second kappa shape index (κ2) is 8.12. The summed E-state index contributed by atoms with van der Waals surface area (Å²) in [6.45, 7) is 0. The van der Waals surface area contributed by atoms with Gasteiger partial charge >= 0.3 is 5.97 Å². The third-order valence-corrected chi connectivity index (χ3v) is 5.11. The molecule has 1 unspecified atom stereocenters. The van der Waals surface area contributed by atoms with Crippen molar-refractivity contribution in [2.45, 2.75) is 15.9 Å². The fourth-order valence-electron chi connectivity index (χ4n) is 1.71. The van der Waals surface area contributed by atoms with Crippen LogP contribution in [0.4, 0.5) is 0 Å². The highest BCUT2D eigenvalue weighted by molar-refractivity contribution is 8.00. The van der Waals surface area contributed by atoms with E-state index in [-0.39, 0.29) is 5.56 Å². The molecule has 0 amide bonds. The lowest BCUT2D eigenvalue weighted by Gasteiger charge is -2.11. The van der Waals surface area contributed by atoms with Crippen LogP contribution in [-0.2, 0) is 0 Å². The third-order valence-electron chi connectivity index (χ3n) is 2.73. The van der Waals surface area contributed by atoms with E-state index < -0.39 is 12.1 Å². The summed E-state index contributed by atoms with van der Waals surface area (Å²) >= 11 is 2.97. The number of carboxylic acids is 1. The largest absolute Gasteiger partial charge is 0.478 e. The zero-order valence-corrected chi connectivity index (χ0v) is 12.9. The molecule has 21 heavy (non-hydrogen) atoms. The molecule has 5 heteroatoms. The number of aliphatic hydroxyl groups is 1. The van der Waals surface area contributed by atoms with Crippen LogP contribution in [-0.4, -0.2) is 33.8 Å². The molecule has 0 heterocycles. The maximum absolute atomic E-state index is 11.1. The van der Waals surface area contributed by atoms with Crippen LogP contribution in [0.3, 0.4) is 0 Å². The number of benzene rings is 2. The van der Waals surface area contributed by atoms with Crippen molar-refractivity contribution >= 4 is 29.5 Å². The Hall–Kier alpha value is -1.43. The van der Waals surface area contributed by atoms with E-state index in [1.54, 1.807) is 36.0 Å². The molecular formula is C16H16O3S2. The average Bonchev–Trinajstić information content (AvgIpc) is 2.52. The highest BCUT2D eigenvalue weighted by Gasteiger charge is 2.12. The van der Waals surface area contributed by atoms with Crippen molar-refractivity contribution in [1.82, 2.24) is 0 Å². The van der Waals surface area contributed by atoms with Crippen LogP contribution in [0.1, 0.15) is 10.4 Å². The number of aliphatic hydroxyl groups excluding tert-OH is 1. The molecule has 1 atom stereocenters. The summed E-state index contributed by atoms with van der Waals surface area (Å²) in [5.41, 5.74) is 0.283. The topological polar surface area (TPSA) is 57.5 Å². The van der Waals surface area contributed by atoms with Gasteiger partial charge in [-0.25, -0.2) is 4.79 Å². The van der Waals surface area contributed by atoms with E-state index >= 15 is 0 Å². The maximum Gasteiger partial charge on any atom is 0.336 e. The molecule has 0 fully saturated rings. The van der Waals surface area contributed by atoms with E-state index in [0.717, 1.165) is 4.90 Å². The summed E-state index contributed by atoms with van der Waals surface area (Å²) in [4.78, 5) is 12.9. The number of carbonyl (C=O) groups is 1. The molecule has 0 aliphatic carbocycles. The highest BCUT2D eigenvalue weighted by Crippen LogP contribution is 2.25. The summed E-state index contributed by atoms with van der Waals surface area (Å²) in [5, 5.41) is 19.1. The number of hydrogen-bond acceptors (Lipinski definition) is 4. The van der Waals surface area contributed by atoms with Gasteiger partial charge in [0.25, 0.3) is 0 Å². The minimum Gasteiger partial charge on any atom is -0.478 e. The van der Waals surface area contributed by atoms with E-state index in [9.17, 15) is 9.90 Å². The van der Waals surface area contributed by atoms with Crippen LogP contribution < -0.4 is 0 Å². The molecule has 0 saturated carbocycles. The quantitative estimate of drug-likeness (QED) is 0.763. The first-order chi connectivity index (χ1) is 10.2. The summed E-state index contributed by atoms with van der Waals surface area (Å²) in [6.07, 6.45) is -0.484. The van der Waals surface area contributed by atoms with Crippen molar-refractivity contribution in [2.24, 2.45) is 0 Å². The van der Waals surface area contributed by atoms with Crippen molar-refractivity contribution in [3.05, 3.63) is 60.2 Å². The molecule has 2 aromatic carbocycles. The Morgan fingerprint density at radius 1 is 0.952 bits per heavy atom. The third kappa shape index (κ3) is 5.12. The first-order valence-corrected chi connectivity index (χ1v) is 8.45. The molecule has 110 valence electrons. The van der Waals surface area contributed by atoms with Gasteiger partial charge in [0.05, 0.1) is 11.7 Å². The van der Waals surface area contributed by atoms with Crippen LogP contribution >= 0.6 is 23.5 Å². The smallest absolute Gasteiger partial charge is 0.336 e. The van der Waals surface area contributed by atoms with Crippen molar-refractivity contribution in [2.75, 3.05) is 11.5 Å². The normalized spacial score (nSPS) is 12.0. The Bertz CT molecular complexity index is 587. The summed E-state index contributed by atoms with van der Waals surface area (Å²) in [7, 11) is 0. The van der Waals surface area contributed by atoms with Gasteiger partial charge in [-0.3, -0.25) is 0 Å². The molecule has 0 aliphatic rings. The second-order valence-corrected chi connectivity index (χ2v) is 6.55. The fourth-order valence-corrected chi connectivity index (χ4v) is 3.69. The van der Waals surface area contributed by atoms with E-state index in [1.807, 2.05) is 30.3 Å². The second-order valence-electron chi connectivity index (χ2n) is 4.39. The van der Waals surface area contributed by atoms with Crippen molar-refractivity contribution in [3.63, 3.8) is 0 Å². The molecule has 2 aromatic rings. The van der Waals surface area contributed by atoms with Crippen molar-refractivity contribution in [3.8, 4) is 0 Å². The van der Waals surface area contributed by atoms with Crippen LogP contribution in [0.15, 0.2) is 64.4 Å². The lowest BCUT2D eigenvalue weighted by Crippen LogP contribution is -2.13. The van der Waals surface area contributed by atoms with Crippen LogP contribution in [0.5, 0.6) is 0 Å². The lowest BCUT2D eigenvalue weighted by atomic mass is 10.2. The molecule has 0 spiro atoms. The Morgan fingerprint density at radius 2 is 1.57 bits per heavy atom. The van der Waals surface area contributed by atoms with Crippen LogP contribution in [0.25, 0.3) is 0 Å². The summed E-state index contributed by atoms with van der Waals surface area (Å²) < 4.78 is 0. The van der Waals surface area contributed by atoms with Gasteiger partial charge in [0, 0.05) is 21.3 Å². The zero-order valence-electron chi connectivity index (χ0n) is 11.3. The number of hydrogen-bond donors (Lipinski definition) is 2. The molecule has 0 bridgehead atoms. The van der Waals surface area contributed by atoms with Crippen LogP contribution in [0, 0.1) is 0 Å². The number of rotatable bonds is 7. The van der Waals surface area contributed by atoms with Gasteiger partial charge in [-0.15, -0.1) is 23.5 Å². The molecular weight excluding hydrogens is 304 g/mol. The molecule has 2 N–H and O–H groups in total. The highest BCUT2D eigenvalue weighted by atomic mass is 32.2. The van der Waals surface area contributed by atoms with Gasteiger partial charge in [-0.1, -0.05) is 30.3 Å². The standard InChI is InChI=1S/C16H16O3S2/c17-12(10-20-13-6-2-1-3-7-13)11-21-15-9-5-4-8-14(15)16(18)19/h1-9,12,17H,10-11H2,(H,18,19). The van der Waals surface area contributed by atoms with E-state index in [1.165, 1.54) is 11.8 Å². The minimum absolute atomic E-state index is 0.283. The molecule has 0 radical (unpaired) electrons. The number of aromatic carboxylic acids is 1. The van der Waals surface area contributed by atoms with Gasteiger partial charge in [-0.2, -0.15) is 0 Å². The zero-order chi connectivity index (χ0) is 15.1. The SMILES string of the molecule is O=C(O)c1ccccc1SCC(O)CSc1ccccc1. The van der Waals surface area contributed by atoms with Gasteiger partial charge in [0.2, 0.25) is 0 Å². The molecule has 0 aliphatic heterocycles. The maximum atomic E-state index is 11.1. The predicted octanol–water partition coefficient (Wildman–Crippen LogP) is 3.63.